The molecule has 0 bridgehead atoms. The minimum atomic E-state index is -4.45. The first-order valence-electron chi connectivity index (χ1n) is 6.41. The molecule has 0 radical (unpaired) electrons. The number of alkyl halides is 3. The maximum Gasteiger partial charge on any atom is 0.416 e. The van der Waals surface area contributed by atoms with Crippen molar-refractivity contribution < 1.29 is 22.4 Å². The van der Waals surface area contributed by atoms with Crippen LogP contribution in [0.15, 0.2) is 44.6 Å². The average molecular weight is 418 g/mol. The van der Waals surface area contributed by atoms with E-state index in [2.05, 4.69) is 31.4 Å². The summed E-state index contributed by atoms with van der Waals surface area (Å²) < 4.78 is 43.7. The van der Waals surface area contributed by atoms with Gasteiger partial charge < -0.3 is 4.42 Å². The summed E-state index contributed by atoms with van der Waals surface area (Å²) in [6.07, 6.45) is -4.45. The van der Waals surface area contributed by atoms with Crippen LogP contribution in [0.3, 0.4) is 0 Å². The summed E-state index contributed by atoms with van der Waals surface area (Å²) in [4.78, 5) is 12.7. The third-order valence-corrected chi connectivity index (χ3v) is 4.52. The number of thiophene rings is 1. The van der Waals surface area contributed by atoms with E-state index in [0.717, 1.165) is 28.1 Å². The van der Waals surface area contributed by atoms with Crippen LogP contribution in [0.5, 0.6) is 0 Å². The topological polar surface area (TPSA) is 68.0 Å². The lowest BCUT2D eigenvalue weighted by Crippen LogP contribution is -2.13. The molecule has 2 aromatic heterocycles. The van der Waals surface area contributed by atoms with Gasteiger partial charge >= 0.3 is 12.2 Å². The third-order valence-electron chi connectivity index (χ3n) is 2.90. The van der Waals surface area contributed by atoms with Crippen molar-refractivity contribution >= 4 is 39.2 Å². The number of hydrogen-bond donors (Lipinski definition) is 1. The number of nitrogens with one attached hydrogen (secondary N) is 1. The van der Waals surface area contributed by atoms with Crippen molar-refractivity contribution in [1.82, 2.24) is 10.2 Å². The maximum atomic E-state index is 12.5. The summed E-state index contributed by atoms with van der Waals surface area (Å²) in [6, 6.07) is 7.25. The van der Waals surface area contributed by atoms with Gasteiger partial charge in [-0.2, -0.15) is 13.2 Å². The molecule has 3 aromatic rings. The lowest BCUT2D eigenvalue weighted by atomic mass is 10.1. The van der Waals surface area contributed by atoms with E-state index in [-0.39, 0.29) is 17.5 Å². The van der Waals surface area contributed by atoms with Crippen molar-refractivity contribution in [1.29, 1.82) is 0 Å². The molecule has 0 aliphatic carbocycles. The Labute approximate surface area is 145 Å². The average Bonchev–Trinajstić information content (AvgIpc) is 3.15. The number of nitrogens with zero attached hydrogens (tertiary/aromatic N) is 2. The molecule has 3 rings (SSSR count). The highest BCUT2D eigenvalue weighted by atomic mass is 79.9. The highest BCUT2D eigenvalue weighted by Crippen LogP contribution is 2.31. The Bertz CT molecular complexity index is 874. The maximum absolute atomic E-state index is 12.5. The van der Waals surface area contributed by atoms with Gasteiger partial charge in [0.15, 0.2) is 0 Å². The van der Waals surface area contributed by atoms with Gasteiger partial charge in [-0.25, -0.2) is 0 Å². The van der Waals surface area contributed by atoms with Crippen LogP contribution >= 0.6 is 27.3 Å². The summed E-state index contributed by atoms with van der Waals surface area (Å²) in [7, 11) is 0. The first-order valence-corrected chi connectivity index (χ1v) is 8.02. The minimum Gasteiger partial charge on any atom is -0.402 e. The van der Waals surface area contributed by atoms with E-state index in [4.69, 9.17) is 4.42 Å². The lowest BCUT2D eigenvalue weighted by molar-refractivity contribution is -0.137. The third kappa shape index (κ3) is 3.65. The number of halogens is 4. The number of anilines is 1. The second-order valence-corrected chi connectivity index (χ2v) is 7.01. The van der Waals surface area contributed by atoms with Crippen molar-refractivity contribution in [3.63, 3.8) is 0 Å². The van der Waals surface area contributed by atoms with Crippen molar-refractivity contribution in [3.8, 4) is 10.8 Å². The smallest absolute Gasteiger partial charge is 0.402 e. The first kappa shape index (κ1) is 16.7. The van der Waals surface area contributed by atoms with Crippen molar-refractivity contribution in [2.75, 3.05) is 5.32 Å². The summed E-state index contributed by atoms with van der Waals surface area (Å²) in [5, 5.41) is 9.84. The number of aromatic nitrogens is 2. The minimum absolute atomic E-state index is 0.0432. The molecule has 0 aliphatic heterocycles. The normalized spacial score (nSPS) is 11.5. The predicted octanol–water partition coefficient (Wildman–Crippen LogP) is 4.83. The van der Waals surface area contributed by atoms with Crippen LogP contribution in [-0.2, 0) is 6.18 Å². The summed E-state index contributed by atoms with van der Waals surface area (Å²) >= 11 is 4.68. The zero-order valence-corrected chi connectivity index (χ0v) is 14.0. The van der Waals surface area contributed by atoms with Gasteiger partial charge in [0.05, 0.1) is 14.2 Å². The monoisotopic (exact) mass is 417 g/mol. The second-order valence-electron chi connectivity index (χ2n) is 4.55. The molecule has 0 saturated heterocycles. The molecule has 0 spiro atoms. The van der Waals surface area contributed by atoms with Gasteiger partial charge in [0.25, 0.3) is 11.8 Å². The molecule has 1 N–H and O–H groups in total. The predicted molar refractivity (Wildman–Crippen MR) is 84.7 cm³/mol. The number of hydrogen-bond acceptors (Lipinski definition) is 5. The first-order chi connectivity index (χ1) is 11.3. The Balaban J connectivity index is 1.72. The summed E-state index contributed by atoms with van der Waals surface area (Å²) in [5.74, 6) is -0.417. The number of amides is 1. The molecule has 10 heteroatoms. The molecule has 1 amide bonds. The van der Waals surface area contributed by atoms with Crippen LogP contribution in [0.2, 0.25) is 0 Å². The second kappa shape index (κ2) is 6.36. The van der Waals surface area contributed by atoms with Gasteiger partial charge in [0, 0.05) is 5.56 Å². The van der Waals surface area contributed by atoms with E-state index in [9.17, 15) is 18.0 Å². The van der Waals surface area contributed by atoms with Crippen LogP contribution in [-0.4, -0.2) is 16.1 Å². The van der Waals surface area contributed by atoms with Crippen LogP contribution in [0.25, 0.3) is 10.8 Å². The molecule has 2 heterocycles. The van der Waals surface area contributed by atoms with Crippen LogP contribution in [0.4, 0.5) is 19.2 Å². The lowest BCUT2D eigenvalue weighted by Gasteiger charge is -2.06. The summed E-state index contributed by atoms with van der Waals surface area (Å²) in [6.45, 7) is 0. The fourth-order valence-electron chi connectivity index (χ4n) is 1.78. The molecule has 124 valence electrons. The Kier molecular flexibility index (Phi) is 4.41. The van der Waals surface area contributed by atoms with E-state index >= 15 is 0 Å². The fraction of sp³-hybridized carbons (Fsp3) is 0.0714. The fourth-order valence-corrected chi connectivity index (χ4v) is 3.09. The van der Waals surface area contributed by atoms with Crippen LogP contribution in [0.1, 0.15) is 15.9 Å². The molecular formula is C14H7BrF3N3O2S. The van der Waals surface area contributed by atoms with Gasteiger partial charge in [0.2, 0.25) is 0 Å². The molecule has 5 nitrogen and oxygen atoms in total. The van der Waals surface area contributed by atoms with Crippen molar-refractivity contribution in [2.24, 2.45) is 0 Å². The zero-order valence-electron chi connectivity index (χ0n) is 11.6. The summed E-state index contributed by atoms with van der Waals surface area (Å²) in [5.41, 5.74) is -0.788. The highest BCUT2D eigenvalue weighted by molar-refractivity contribution is 9.11. The van der Waals surface area contributed by atoms with Crippen molar-refractivity contribution in [3.05, 3.63) is 51.3 Å². The van der Waals surface area contributed by atoms with Crippen LogP contribution in [0, 0.1) is 0 Å². The molecule has 1 aromatic carbocycles. The molecule has 0 saturated carbocycles. The number of carbonyl (C=O) groups is 1. The Morgan fingerprint density at radius 3 is 2.42 bits per heavy atom. The SMILES string of the molecule is O=C(Nc1nnc(-c2ccc(Br)s2)o1)c1ccc(C(F)(F)F)cc1. The molecular weight excluding hydrogens is 411 g/mol. The van der Waals surface area contributed by atoms with E-state index in [1.54, 1.807) is 6.07 Å². The molecule has 0 unspecified atom stereocenters. The highest BCUT2D eigenvalue weighted by Gasteiger charge is 2.30. The van der Waals surface area contributed by atoms with Gasteiger partial charge in [-0.3, -0.25) is 10.1 Å². The molecule has 0 aliphatic rings. The van der Waals surface area contributed by atoms with Gasteiger partial charge in [-0.05, 0) is 52.3 Å². The molecule has 0 fully saturated rings. The van der Waals surface area contributed by atoms with E-state index in [0.29, 0.717) is 4.88 Å². The number of benzene rings is 1. The quantitative estimate of drug-likeness (QED) is 0.662. The zero-order chi connectivity index (χ0) is 17.3. The number of rotatable bonds is 3. The van der Waals surface area contributed by atoms with E-state index in [1.807, 2.05) is 6.07 Å². The standard InChI is InChI=1S/C14H7BrF3N3O2S/c15-10-6-5-9(24-10)12-20-21-13(23-12)19-11(22)7-1-3-8(4-2-7)14(16,17)18/h1-6H,(H,19,21,22). The van der Waals surface area contributed by atoms with Gasteiger partial charge in [0.1, 0.15) is 0 Å². The van der Waals surface area contributed by atoms with Crippen molar-refractivity contribution in [2.45, 2.75) is 6.18 Å². The van der Waals surface area contributed by atoms with E-state index < -0.39 is 17.6 Å². The van der Waals surface area contributed by atoms with E-state index in [1.165, 1.54) is 11.3 Å². The Hall–Kier alpha value is -2.20. The Morgan fingerprint density at radius 1 is 1.12 bits per heavy atom. The largest absolute Gasteiger partial charge is 0.416 e. The molecule has 0 atom stereocenters. The number of carbonyl (C=O) groups excluding carboxylic acids is 1. The van der Waals surface area contributed by atoms with Crippen LogP contribution < -0.4 is 5.32 Å². The van der Waals surface area contributed by atoms with Gasteiger partial charge in [-0.1, -0.05) is 5.10 Å². The molecule has 24 heavy (non-hydrogen) atoms. The van der Waals surface area contributed by atoms with Gasteiger partial charge in [-0.15, -0.1) is 16.4 Å². The Morgan fingerprint density at radius 2 is 1.83 bits per heavy atom.